The molecule has 0 aliphatic rings. The highest BCUT2D eigenvalue weighted by atomic mass is 16.5. The second-order valence-corrected chi connectivity index (χ2v) is 4.77. The maximum atomic E-state index is 10.8. The molecule has 0 saturated carbocycles. The highest BCUT2D eigenvalue weighted by molar-refractivity contribution is 5.88. The summed E-state index contributed by atoms with van der Waals surface area (Å²) in [5.41, 5.74) is 3.39. The van der Waals surface area contributed by atoms with E-state index in [0.29, 0.717) is 11.1 Å². The Morgan fingerprint density at radius 3 is 2.76 bits per heavy atom. The van der Waals surface area contributed by atoms with Crippen molar-refractivity contribution in [3.05, 3.63) is 54.3 Å². The molecule has 3 aromatic rings. The number of hydrogen-bond acceptors (Lipinski definition) is 3. The third-order valence-electron chi connectivity index (χ3n) is 3.40. The molecular weight excluding hydrogens is 268 g/mol. The second-order valence-electron chi connectivity index (χ2n) is 4.77. The van der Waals surface area contributed by atoms with Crippen molar-refractivity contribution in [2.75, 3.05) is 7.11 Å². The number of ether oxygens (including phenoxy) is 1. The summed E-state index contributed by atoms with van der Waals surface area (Å²) >= 11 is 0. The van der Waals surface area contributed by atoms with Crippen LogP contribution in [0.1, 0.15) is 5.56 Å². The van der Waals surface area contributed by atoms with Crippen molar-refractivity contribution < 1.29 is 19.1 Å². The van der Waals surface area contributed by atoms with E-state index in [0.717, 1.165) is 22.3 Å². The Kier molecular flexibility index (Phi) is 3.36. The summed E-state index contributed by atoms with van der Waals surface area (Å²) in [6.45, 7) is 0. The van der Waals surface area contributed by atoms with Gasteiger partial charge in [-0.15, -0.1) is 0 Å². The zero-order valence-electron chi connectivity index (χ0n) is 11.5. The van der Waals surface area contributed by atoms with Crippen LogP contribution in [0.5, 0.6) is 5.75 Å². The summed E-state index contributed by atoms with van der Waals surface area (Å²) in [6, 6.07) is 13.5. The van der Waals surface area contributed by atoms with Crippen molar-refractivity contribution in [3.63, 3.8) is 0 Å². The first kappa shape index (κ1) is 13.2. The lowest BCUT2D eigenvalue weighted by molar-refractivity contribution is -0.136. The third-order valence-corrected chi connectivity index (χ3v) is 3.40. The van der Waals surface area contributed by atoms with E-state index in [-0.39, 0.29) is 6.42 Å². The molecule has 106 valence electrons. The van der Waals surface area contributed by atoms with Crippen molar-refractivity contribution in [1.29, 1.82) is 0 Å². The first-order chi connectivity index (χ1) is 10.2. The first-order valence-electron chi connectivity index (χ1n) is 6.54. The van der Waals surface area contributed by atoms with Crippen LogP contribution in [0.25, 0.3) is 22.1 Å². The van der Waals surface area contributed by atoms with Crippen molar-refractivity contribution in [2.24, 2.45) is 0 Å². The molecule has 1 aromatic heterocycles. The van der Waals surface area contributed by atoms with Crippen molar-refractivity contribution >= 4 is 16.9 Å². The molecule has 0 amide bonds. The van der Waals surface area contributed by atoms with Gasteiger partial charge in [-0.05, 0) is 29.3 Å². The van der Waals surface area contributed by atoms with Crippen molar-refractivity contribution in [3.8, 4) is 16.9 Å². The van der Waals surface area contributed by atoms with Crippen LogP contribution in [0.15, 0.2) is 53.1 Å². The molecule has 4 heteroatoms. The summed E-state index contributed by atoms with van der Waals surface area (Å²) in [5, 5.41) is 9.72. The number of carbonyl (C=O) groups is 1. The van der Waals surface area contributed by atoms with Crippen LogP contribution in [0.3, 0.4) is 0 Å². The van der Waals surface area contributed by atoms with Crippen LogP contribution in [0, 0.1) is 0 Å². The van der Waals surface area contributed by atoms with Gasteiger partial charge in [0.1, 0.15) is 11.3 Å². The third kappa shape index (κ3) is 2.60. The van der Waals surface area contributed by atoms with Gasteiger partial charge in [0.15, 0.2) is 0 Å². The molecule has 4 nitrogen and oxygen atoms in total. The summed E-state index contributed by atoms with van der Waals surface area (Å²) in [4.78, 5) is 10.8. The SMILES string of the molecule is COc1cccc(-c2ccc3c(CC(=O)O)coc3c2)c1. The van der Waals surface area contributed by atoms with Gasteiger partial charge >= 0.3 is 5.97 Å². The Bertz CT molecular complexity index is 801. The lowest BCUT2D eigenvalue weighted by Gasteiger charge is -2.05. The largest absolute Gasteiger partial charge is 0.497 e. The molecule has 0 fully saturated rings. The van der Waals surface area contributed by atoms with E-state index in [1.807, 2.05) is 42.5 Å². The Balaban J connectivity index is 2.03. The lowest BCUT2D eigenvalue weighted by Crippen LogP contribution is -1.98. The van der Waals surface area contributed by atoms with E-state index in [1.165, 1.54) is 6.26 Å². The quantitative estimate of drug-likeness (QED) is 0.792. The number of hydrogen-bond donors (Lipinski definition) is 1. The van der Waals surface area contributed by atoms with Gasteiger partial charge in [0.25, 0.3) is 0 Å². The van der Waals surface area contributed by atoms with Crippen LogP contribution in [0.2, 0.25) is 0 Å². The normalized spacial score (nSPS) is 10.7. The number of aliphatic carboxylic acids is 1. The molecule has 0 saturated heterocycles. The van der Waals surface area contributed by atoms with Crippen LogP contribution < -0.4 is 4.74 Å². The Hall–Kier alpha value is -2.75. The lowest BCUT2D eigenvalue weighted by atomic mass is 10.0. The van der Waals surface area contributed by atoms with E-state index < -0.39 is 5.97 Å². The van der Waals surface area contributed by atoms with Crippen LogP contribution in [-0.4, -0.2) is 18.2 Å². The Morgan fingerprint density at radius 1 is 1.19 bits per heavy atom. The number of carboxylic acids is 1. The minimum absolute atomic E-state index is 0.0362. The van der Waals surface area contributed by atoms with Crippen molar-refractivity contribution in [2.45, 2.75) is 6.42 Å². The topological polar surface area (TPSA) is 59.7 Å². The fourth-order valence-corrected chi connectivity index (χ4v) is 2.37. The maximum absolute atomic E-state index is 10.8. The summed E-state index contributed by atoms with van der Waals surface area (Å²) in [6.07, 6.45) is 1.47. The van der Waals surface area contributed by atoms with Gasteiger partial charge in [-0.2, -0.15) is 0 Å². The zero-order chi connectivity index (χ0) is 14.8. The minimum atomic E-state index is -0.866. The molecule has 3 rings (SSSR count). The van der Waals surface area contributed by atoms with Crippen molar-refractivity contribution in [1.82, 2.24) is 0 Å². The van der Waals surface area contributed by atoms with E-state index in [2.05, 4.69) is 0 Å². The molecule has 21 heavy (non-hydrogen) atoms. The highest BCUT2D eigenvalue weighted by Gasteiger charge is 2.10. The number of fused-ring (bicyclic) bond motifs is 1. The summed E-state index contributed by atoms with van der Waals surface area (Å²) in [7, 11) is 1.63. The molecule has 0 unspecified atom stereocenters. The van der Waals surface area contributed by atoms with Crippen LogP contribution in [0.4, 0.5) is 0 Å². The van der Waals surface area contributed by atoms with Crippen LogP contribution >= 0.6 is 0 Å². The maximum Gasteiger partial charge on any atom is 0.307 e. The van der Waals surface area contributed by atoms with Crippen LogP contribution in [-0.2, 0) is 11.2 Å². The number of rotatable bonds is 4. The van der Waals surface area contributed by atoms with Gasteiger partial charge in [-0.3, -0.25) is 4.79 Å². The van der Waals surface area contributed by atoms with Gasteiger partial charge < -0.3 is 14.3 Å². The average molecular weight is 282 g/mol. The summed E-state index contributed by atoms with van der Waals surface area (Å²) in [5.74, 6) is -0.0758. The molecular formula is C17H14O4. The van der Waals surface area contributed by atoms with E-state index in [9.17, 15) is 4.79 Å². The molecule has 0 bridgehead atoms. The average Bonchev–Trinajstić information content (AvgIpc) is 2.89. The molecule has 0 spiro atoms. The summed E-state index contributed by atoms with van der Waals surface area (Å²) < 4.78 is 10.7. The van der Waals surface area contributed by atoms with E-state index in [4.69, 9.17) is 14.3 Å². The Labute approximate surface area is 121 Å². The first-order valence-corrected chi connectivity index (χ1v) is 6.54. The molecule has 0 atom stereocenters. The minimum Gasteiger partial charge on any atom is -0.497 e. The number of carboxylic acid groups (broad SMARTS) is 1. The Morgan fingerprint density at radius 2 is 2.00 bits per heavy atom. The number of furan rings is 1. The predicted octanol–water partition coefficient (Wildman–Crippen LogP) is 3.74. The van der Waals surface area contributed by atoms with Gasteiger partial charge in [-0.1, -0.05) is 24.3 Å². The van der Waals surface area contributed by atoms with E-state index in [1.54, 1.807) is 7.11 Å². The molecule has 1 heterocycles. The fourth-order valence-electron chi connectivity index (χ4n) is 2.37. The molecule has 1 N–H and O–H groups in total. The highest BCUT2D eigenvalue weighted by Crippen LogP contribution is 2.29. The molecule has 2 aromatic carbocycles. The molecule has 0 aliphatic heterocycles. The van der Waals surface area contributed by atoms with Gasteiger partial charge in [0.2, 0.25) is 0 Å². The smallest absolute Gasteiger partial charge is 0.307 e. The monoisotopic (exact) mass is 282 g/mol. The fraction of sp³-hybridized carbons (Fsp3) is 0.118. The predicted molar refractivity (Wildman–Crippen MR) is 79.5 cm³/mol. The number of benzene rings is 2. The van der Waals surface area contributed by atoms with Gasteiger partial charge in [0.05, 0.1) is 19.8 Å². The molecule has 0 radical (unpaired) electrons. The molecule has 0 aliphatic carbocycles. The van der Waals surface area contributed by atoms with Gasteiger partial charge in [0, 0.05) is 10.9 Å². The van der Waals surface area contributed by atoms with Gasteiger partial charge in [-0.25, -0.2) is 0 Å². The zero-order valence-corrected chi connectivity index (χ0v) is 11.5. The second kappa shape index (κ2) is 5.32. The van der Waals surface area contributed by atoms with E-state index >= 15 is 0 Å². The number of methoxy groups -OCH3 is 1. The standard InChI is InChI=1S/C17H14O4/c1-20-14-4-2-3-11(7-14)12-5-6-15-13(9-17(18)19)10-21-16(15)8-12/h2-8,10H,9H2,1H3,(H,18,19).